The Hall–Kier alpha value is -2.10. The van der Waals surface area contributed by atoms with Crippen LogP contribution in [0.1, 0.15) is 31.3 Å². The highest BCUT2D eigenvalue weighted by Gasteiger charge is 2.24. The van der Waals surface area contributed by atoms with Crippen molar-refractivity contribution < 1.29 is 14.0 Å². The number of para-hydroxylation sites is 1. The third kappa shape index (κ3) is 2.42. The maximum atomic E-state index is 11.8. The molecule has 1 aromatic carbocycles. The van der Waals surface area contributed by atoms with Gasteiger partial charge >= 0.3 is 0 Å². The van der Waals surface area contributed by atoms with Crippen molar-refractivity contribution in [3.8, 4) is 0 Å². The molecule has 18 heavy (non-hydrogen) atoms. The van der Waals surface area contributed by atoms with E-state index in [9.17, 15) is 9.59 Å². The molecule has 0 saturated heterocycles. The van der Waals surface area contributed by atoms with Gasteiger partial charge in [0.15, 0.2) is 5.76 Å². The van der Waals surface area contributed by atoms with Gasteiger partial charge in [-0.15, -0.1) is 0 Å². The van der Waals surface area contributed by atoms with Crippen molar-refractivity contribution in [2.45, 2.75) is 20.8 Å². The van der Waals surface area contributed by atoms with Crippen LogP contribution >= 0.6 is 0 Å². The Labute approximate surface area is 105 Å². The van der Waals surface area contributed by atoms with Crippen LogP contribution in [-0.4, -0.2) is 11.8 Å². The van der Waals surface area contributed by atoms with Gasteiger partial charge in [0.25, 0.3) is 5.91 Å². The van der Waals surface area contributed by atoms with E-state index in [1.54, 1.807) is 32.9 Å². The molecule has 0 aliphatic rings. The summed E-state index contributed by atoms with van der Waals surface area (Å²) in [7, 11) is 0. The highest BCUT2D eigenvalue weighted by atomic mass is 16.3. The zero-order valence-corrected chi connectivity index (χ0v) is 10.6. The van der Waals surface area contributed by atoms with Gasteiger partial charge in [-0.3, -0.25) is 14.9 Å². The molecule has 4 heteroatoms. The van der Waals surface area contributed by atoms with Gasteiger partial charge in [-0.1, -0.05) is 39.0 Å². The topological polar surface area (TPSA) is 59.3 Å². The van der Waals surface area contributed by atoms with Crippen LogP contribution in [0.4, 0.5) is 0 Å². The van der Waals surface area contributed by atoms with Crippen molar-refractivity contribution in [3.05, 3.63) is 36.1 Å². The predicted octanol–water partition coefficient (Wildman–Crippen LogP) is 2.74. The molecule has 0 aliphatic carbocycles. The molecule has 0 spiro atoms. The number of fused-ring (bicyclic) bond motifs is 1. The van der Waals surface area contributed by atoms with E-state index in [2.05, 4.69) is 5.32 Å². The van der Waals surface area contributed by atoms with Crippen LogP contribution in [0.25, 0.3) is 11.0 Å². The van der Waals surface area contributed by atoms with Crippen LogP contribution in [0, 0.1) is 5.41 Å². The molecular weight excluding hydrogens is 230 g/mol. The Morgan fingerprint density at radius 2 is 1.83 bits per heavy atom. The monoisotopic (exact) mass is 245 g/mol. The molecule has 4 nitrogen and oxygen atoms in total. The van der Waals surface area contributed by atoms with Crippen LogP contribution in [0.3, 0.4) is 0 Å². The zero-order chi connectivity index (χ0) is 13.3. The molecule has 1 aromatic heterocycles. The van der Waals surface area contributed by atoms with E-state index in [1.807, 2.05) is 18.2 Å². The Morgan fingerprint density at radius 1 is 1.17 bits per heavy atom. The number of amides is 2. The van der Waals surface area contributed by atoms with Crippen LogP contribution in [0.15, 0.2) is 34.7 Å². The maximum Gasteiger partial charge on any atom is 0.293 e. The summed E-state index contributed by atoms with van der Waals surface area (Å²) < 4.78 is 5.38. The van der Waals surface area contributed by atoms with Gasteiger partial charge in [0.05, 0.1) is 0 Å². The summed E-state index contributed by atoms with van der Waals surface area (Å²) >= 11 is 0. The lowest BCUT2D eigenvalue weighted by atomic mass is 9.96. The van der Waals surface area contributed by atoms with E-state index in [0.717, 1.165) is 5.39 Å². The molecule has 2 amide bonds. The number of carbonyl (C=O) groups is 2. The van der Waals surface area contributed by atoms with Crippen LogP contribution in [0.5, 0.6) is 0 Å². The Morgan fingerprint density at radius 3 is 2.44 bits per heavy atom. The summed E-state index contributed by atoms with van der Waals surface area (Å²) in [6.07, 6.45) is 0. The van der Waals surface area contributed by atoms with Gasteiger partial charge in [-0.05, 0) is 12.1 Å². The van der Waals surface area contributed by atoms with Crippen LogP contribution in [-0.2, 0) is 4.79 Å². The molecule has 0 saturated carbocycles. The third-order valence-corrected chi connectivity index (χ3v) is 2.56. The second-order valence-corrected chi connectivity index (χ2v) is 5.18. The molecule has 2 aromatic rings. The summed E-state index contributed by atoms with van der Waals surface area (Å²) in [4.78, 5) is 23.5. The zero-order valence-electron chi connectivity index (χ0n) is 10.6. The molecule has 94 valence electrons. The molecule has 0 atom stereocenters. The Kier molecular flexibility index (Phi) is 2.95. The molecule has 2 rings (SSSR count). The molecule has 1 N–H and O–H groups in total. The molecule has 0 aliphatic heterocycles. The minimum atomic E-state index is -0.609. The third-order valence-electron chi connectivity index (χ3n) is 2.56. The van der Waals surface area contributed by atoms with E-state index < -0.39 is 11.3 Å². The van der Waals surface area contributed by atoms with Gasteiger partial charge in [-0.2, -0.15) is 0 Å². The number of furan rings is 1. The van der Waals surface area contributed by atoms with Gasteiger partial charge < -0.3 is 4.42 Å². The number of imide groups is 1. The minimum Gasteiger partial charge on any atom is -0.451 e. The fourth-order valence-corrected chi connectivity index (χ4v) is 1.45. The fourth-order valence-electron chi connectivity index (χ4n) is 1.45. The van der Waals surface area contributed by atoms with Crippen LogP contribution < -0.4 is 5.32 Å². The lowest BCUT2D eigenvalue weighted by molar-refractivity contribution is -0.127. The van der Waals surface area contributed by atoms with Crippen molar-refractivity contribution in [1.29, 1.82) is 0 Å². The predicted molar refractivity (Wildman–Crippen MR) is 68.1 cm³/mol. The van der Waals surface area contributed by atoms with E-state index >= 15 is 0 Å². The van der Waals surface area contributed by atoms with Crippen molar-refractivity contribution in [3.63, 3.8) is 0 Å². The van der Waals surface area contributed by atoms with Crippen molar-refractivity contribution in [2.75, 3.05) is 0 Å². The number of rotatable bonds is 1. The number of nitrogens with one attached hydrogen (secondary N) is 1. The second kappa shape index (κ2) is 4.29. The number of benzene rings is 1. The quantitative estimate of drug-likeness (QED) is 0.840. The number of carbonyl (C=O) groups excluding carboxylic acids is 2. The smallest absolute Gasteiger partial charge is 0.293 e. The van der Waals surface area contributed by atoms with Gasteiger partial charge in [-0.25, -0.2) is 0 Å². The summed E-state index contributed by atoms with van der Waals surface area (Å²) in [6, 6.07) is 8.94. The molecule has 0 bridgehead atoms. The largest absolute Gasteiger partial charge is 0.451 e. The first-order valence-corrected chi connectivity index (χ1v) is 5.72. The Bertz CT molecular complexity index is 572. The first-order valence-electron chi connectivity index (χ1n) is 5.72. The first-order chi connectivity index (χ1) is 8.38. The molecule has 0 radical (unpaired) electrons. The normalized spacial score (nSPS) is 11.5. The lowest BCUT2D eigenvalue weighted by Gasteiger charge is -2.15. The summed E-state index contributed by atoms with van der Waals surface area (Å²) in [5, 5.41) is 3.16. The van der Waals surface area contributed by atoms with Crippen molar-refractivity contribution in [2.24, 2.45) is 5.41 Å². The average Bonchev–Trinajstić information content (AvgIpc) is 2.71. The average molecular weight is 245 g/mol. The Balaban J connectivity index is 2.21. The summed E-state index contributed by atoms with van der Waals surface area (Å²) in [5.41, 5.74) is 0.0210. The number of hydrogen-bond acceptors (Lipinski definition) is 3. The van der Waals surface area contributed by atoms with E-state index in [0.29, 0.717) is 5.58 Å². The molecular formula is C14H15NO3. The summed E-state index contributed by atoms with van der Waals surface area (Å²) in [5.74, 6) is -0.687. The molecule has 1 heterocycles. The molecule has 0 unspecified atom stereocenters. The fraction of sp³-hybridized carbons (Fsp3) is 0.286. The van der Waals surface area contributed by atoms with E-state index in [4.69, 9.17) is 4.42 Å². The molecule has 0 fully saturated rings. The standard InChI is InChI=1S/C14H15NO3/c1-14(2,3)13(17)15-12(16)11-8-9-6-4-5-7-10(9)18-11/h4-8H,1-3H3,(H,15,16,17). The van der Waals surface area contributed by atoms with Gasteiger partial charge in [0, 0.05) is 10.8 Å². The van der Waals surface area contributed by atoms with E-state index in [1.165, 1.54) is 0 Å². The van der Waals surface area contributed by atoms with Gasteiger partial charge in [0.1, 0.15) is 5.58 Å². The lowest BCUT2D eigenvalue weighted by Crippen LogP contribution is -2.38. The summed E-state index contributed by atoms with van der Waals surface area (Å²) in [6.45, 7) is 5.23. The van der Waals surface area contributed by atoms with Gasteiger partial charge in [0.2, 0.25) is 5.91 Å². The van der Waals surface area contributed by atoms with Crippen molar-refractivity contribution in [1.82, 2.24) is 5.32 Å². The minimum absolute atomic E-state index is 0.147. The van der Waals surface area contributed by atoms with E-state index in [-0.39, 0.29) is 11.7 Å². The highest BCUT2D eigenvalue weighted by molar-refractivity contribution is 6.06. The van der Waals surface area contributed by atoms with Crippen molar-refractivity contribution >= 4 is 22.8 Å². The number of hydrogen-bond donors (Lipinski definition) is 1. The second-order valence-electron chi connectivity index (χ2n) is 5.18. The highest BCUT2D eigenvalue weighted by Crippen LogP contribution is 2.19. The van der Waals surface area contributed by atoms with Crippen LogP contribution in [0.2, 0.25) is 0 Å². The maximum absolute atomic E-state index is 11.8. The SMILES string of the molecule is CC(C)(C)C(=O)NC(=O)c1cc2ccccc2o1. The first kappa shape index (κ1) is 12.4.